The van der Waals surface area contributed by atoms with E-state index in [-0.39, 0.29) is 17.6 Å². The summed E-state index contributed by atoms with van der Waals surface area (Å²) >= 11 is 0. The summed E-state index contributed by atoms with van der Waals surface area (Å²) < 4.78 is 13.6. The Bertz CT molecular complexity index is 726. The van der Waals surface area contributed by atoms with Crippen molar-refractivity contribution in [2.24, 2.45) is 7.05 Å². The molecule has 0 saturated carbocycles. The molecule has 1 atom stereocenters. The molecule has 1 spiro atoms. The number of likely N-dealkylation sites (tertiary alicyclic amines) is 1. The molecule has 0 radical (unpaired) electrons. The quantitative estimate of drug-likeness (QED) is 0.823. The van der Waals surface area contributed by atoms with E-state index in [0.29, 0.717) is 31.3 Å². The lowest BCUT2D eigenvalue weighted by Gasteiger charge is -2.52. The highest BCUT2D eigenvalue weighted by molar-refractivity contribution is 5.92. The number of imidazole rings is 1. The van der Waals surface area contributed by atoms with E-state index >= 15 is 0 Å². The maximum absolute atomic E-state index is 12.4. The zero-order valence-corrected chi connectivity index (χ0v) is 13.5. The van der Waals surface area contributed by atoms with Gasteiger partial charge in [0.15, 0.2) is 0 Å². The van der Waals surface area contributed by atoms with Gasteiger partial charge in [0.25, 0.3) is 5.91 Å². The molecule has 0 bridgehead atoms. The second-order valence-corrected chi connectivity index (χ2v) is 6.39. The van der Waals surface area contributed by atoms with E-state index in [4.69, 9.17) is 9.47 Å². The average molecular weight is 329 g/mol. The van der Waals surface area contributed by atoms with Gasteiger partial charge in [0.2, 0.25) is 5.88 Å². The van der Waals surface area contributed by atoms with Gasteiger partial charge in [-0.15, -0.1) is 0 Å². The van der Waals surface area contributed by atoms with Gasteiger partial charge in [-0.3, -0.25) is 9.78 Å². The Morgan fingerprint density at radius 1 is 1.38 bits per heavy atom. The molecule has 126 valence electrons. The van der Waals surface area contributed by atoms with Crippen LogP contribution in [0.4, 0.5) is 0 Å². The molecule has 2 saturated heterocycles. The minimum absolute atomic E-state index is 0.0301. The van der Waals surface area contributed by atoms with Gasteiger partial charge >= 0.3 is 0 Å². The summed E-state index contributed by atoms with van der Waals surface area (Å²) in [5.74, 6) is 0.474. The van der Waals surface area contributed by atoms with Gasteiger partial charge in [-0.25, -0.2) is 9.97 Å². The minimum atomic E-state index is -0.310. The van der Waals surface area contributed by atoms with Crippen LogP contribution in [-0.2, 0) is 11.8 Å². The van der Waals surface area contributed by atoms with Gasteiger partial charge in [0.1, 0.15) is 17.4 Å². The summed E-state index contributed by atoms with van der Waals surface area (Å²) in [5.41, 5.74) is 0.158. The van der Waals surface area contributed by atoms with Gasteiger partial charge in [0, 0.05) is 38.5 Å². The molecule has 2 aromatic heterocycles. The molecule has 2 fully saturated rings. The van der Waals surface area contributed by atoms with Crippen LogP contribution in [0, 0.1) is 0 Å². The third kappa shape index (κ3) is 2.84. The Hall–Kier alpha value is -2.48. The molecular weight excluding hydrogens is 310 g/mol. The van der Waals surface area contributed by atoms with Gasteiger partial charge in [-0.05, 0) is 0 Å². The second-order valence-electron chi connectivity index (χ2n) is 6.39. The van der Waals surface area contributed by atoms with Gasteiger partial charge in [-0.2, -0.15) is 0 Å². The molecule has 4 heterocycles. The van der Waals surface area contributed by atoms with Crippen molar-refractivity contribution < 1.29 is 14.3 Å². The zero-order valence-electron chi connectivity index (χ0n) is 13.5. The van der Waals surface area contributed by atoms with Crippen LogP contribution in [0.1, 0.15) is 23.3 Å². The third-order valence-corrected chi connectivity index (χ3v) is 4.44. The lowest BCUT2D eigenvalue weighted by Crippen LogP contribution is -2.67. The molecule has 0 aliphatic carbocycles. The van der Waals surface area contributed by atoms with E-state index in [0.717, 1.165) is 12.8 Å². The largest absolute Gasteiger partial charge is 0.473 e. The van der Waals surface area contributed by atoms with Crippen molar-refractivity contribution in [2.45, 2.75) is 24.5 Å². The first-order valence-corrected chi connectivity index (χ1v) is 7.97. The third-order valence-electron chi connectivity index (χ3n) is 4.44. The minimum Gasteiger partial charge on any atom is -0.473 e. The molecule has 1 amide bonds. The molecule has 8 nitrogen and oxygen atoms in total. The fraction of sp³-hybridized carbons (Fsp3) is 0.500. The van der Waals surface area contributed by atoms with Crippen LogP contribution in [0.5, 0.6) is 5.88 Å². The van der Waals surface area contributed by atoms with E-state index in [1.807, 2.05) is 7.05 Å². The number of carbonyl (C=O) groups is 1. The molecule has 4 rings (SSSR count). The maximum atomic E-state index is 12.4. The van der Waals surface area contributed by atoms with E-state index in [9.17, 15) is 4.79 Å². The van der Waals surface area contributed by atoms with Crippen LogP contribution in [0.3, 0.4) is 0 Å². The SMILES string of the molecule is Cn1cnc(C(=O)N2CC3(CC(Oc4cnccn4)CCO3)C2)c1. The molecule has 2 aromatic rings. The number of carbonyl (C=O) groups excluding carboxylic acids is 1. The van der Waals surface area contributed by atoms with Crippen molar-refractivity contribution in [2.75, 3.05) is 19.7 Å². The second kappa shape index (κ2) is 5.86. The summed E-state index contributed by atoms with van der Waals surface area (Å²) in [4.78, 5) is 26.4. The number of ether oxygens (including phenoxy) is 2. The highest BCUT2D eigenvalue weighted by Crippen LogP contribution is 2.36. The van der Waals surface area contributed by atoms with E-state index in [1.54, 1.807) is 40.6 Å². The van der Waals surface area contributed by atoms with Crippen LogP contribution >= 0.6 is 0 Å². The Labute approximate surface area is 139 Å². The summed E-state index contributed by atoms with van der Waals surface area (Å²) in [6.45, 7) is 1.77. The first kappa shape index (κ1) is 15.1. The number of hydrogen-bond acceptors (Lipinski definition) is 6. The van der Waals surface area contributed by atoms with Gasteiger partial charge < -0.3 is 18.9 Å². The van der Waals surface area contributed by atoms with E-state index < -0.39 is 0 Å². The molecule has 24 heavy (non-hydrogen) atoms. The molecule has 8 heteroatoms. The van der Waals surface area contributed by atoms with Crippen LogP contribution < -0.4 is 4.74 Å². The molecule has 2 aliphatic heterocycles. The molecule has 0 N–H and O–H groups in total. The summed E-state index contributed by atoms with van der Waals surface area (Å²) in [6, 6.07) is 0. The number of amides is 1. The van der Waals surface area contributed by atoms with Crippen LogP contribution in [0.25, 0.3) is 0 Å². The lowest BCUT2D eigenvalue weighted by molar-refractivity contribution is -0.174. The van der Waals surface area contributed by atoms with Crippen molar-refractivity contribution in [1.29, 1.82) is 0 Å². The fourth-order valence-electron chi connectivity index (χ4n) is 3.30. The Morgan fingerprint density at radius 2 is 2.25 bits per heavy atom. The molecular formula is C16H19N5O3. The summed E-state index contributed by atoms with van der Waals surface area (Å²) in [6.07, 6.45) is 9.79. The van der Waals surface area contributed by atoms with E-state index in [1.165, 1.54) is 0 Å². The van der Waals surface area contributed by atoms with Crippen molar-refractivity contribution in [1.82, 2.24) is 24.4 Å². The maximum Gasteiger partial charge on any atom is 0.274 e. The van der Waals surface area contributed by atoms with Crippen molar-refractivity contribution in [3.63, 3.8) is 0 Å². The predicted molar refractivity (Wildman–Crippen MR) is 83.5 cm³/mol. The topological polar surface area (TPSA) is 82.4 Å². The fourth-order valence-corrected chi connectivity index (χ4v) is 3.30. The number of hydrogen-bond donors (Lipinski definition) is 0. The van der Waals surface area contributed by atoms with Gasteiger partial charge in [-0.1, -0.05) is 0 Å². The van der Waals surface area contributed by atoms with Gasteiger partial charge in [0.05, 0.1) is 32.2 Å². The number of aryl methyl sites for hydroxylation is 1. The molecule has 0 aromatic carbocycles. The lowest BCUT2D eigenvalue weighted by atomic mass is 9.84. The van der Waals surface area contributed by atoms with Crippen LogP contribution in [-0.4, -0.2) is 61.7 Å². The number of aromatic nitrogens is 4. The van der Waals surface area contributed by atoms with E-state index in [2.05, 4.69) is 15.0 Å². The Morgan fingerprint density at radius 3 is 2.96 bits per heavy atom. The Balaban J connectivity index is 1.36. The average Bonchev–Trinajstić information content (AvgIpc) is 3.00. The summed E-state index contributed by atoms with van der Waals surface area (Å²) in [5, 5.41) is 0. The standard InChI is InChI=1S/C16H19N5O3/c1-20-8-13(19-11-20)15(22)21-9-16(10-21)6-12(2-5-23-16)24-14-7-17-3-4-18-14/h3-4,7-8,11-12H,2,5-6,9-10H2,1H3. The smallest absolute Gasteiger partial charge is 0.274 e. The normalized spacial score (nSPS) is 22.2. The molecule has 1 unspecified atom stereocenters. The highest BCUT2D eigenvalue weighted by Gasteiger charge is 2.50. The predicted octanol–water partition coefficient (Wildman–Crippen LogP) is 0.663. The van der Waals surface area contributed by atoms with Crippen molar-refractivity contribution in [3.8, 4) is 5.88 Å². The van der Waals surface area contributed by atoms with Crippen LogP contribution in [0.2, 0.25) is 0 Å². The number of rotatable bonds is 3. The van der Waals surface area contributed by atoms with Crippen molar-refractivity contribution in [3.05, 3.63) is 36.8 Å². The zero-order chi connectivity index (χ0) is 16.6. The molecule has 2 aliphatic rings. The Kier molecular flexibility index (Phi) is 3.68. The first-order chi connectivity index (χ1) is 11.6. The van der Waals surface area contributed by atoms with Crippen LogP contribution in [0.15, 0.2) is 31.1 Å². The monoisotopic (exact) mass is 329 g/mol. The summed E-state index contributed by atoms with van der Waals surface area (Å²) in [7, 11) is 1.85. The van der Waals surface area contributed by atoms with Crippen molar-refractivity contribution >= 4 is 5.91 Å². The number of nitrogens with zero attached hydrogens (tertiary/aromatic N) is 5. The first-order valence-electron chi connectivity index (χ1n) is 7.97. The highest BCUT2D eigenvalue weighted by atomic mass is 16.5.